The third kappa shape index (κ3) is 2.97. The molecular formula is C14H16N4OS. The number of nitrogens with zero attached hydrogens (tertiary/aromatic N) is 2. The van der Waals surface area contributed by atoms with Crippen LogP contribution in [0.25, 0.3) is 0 Å². The van der Waals surface area contributed by atoms with Gasteiger partial charge >= 0.3 is 0 Å². The van der Waals surface area contributed by atoms with E-state index in [2.05, 4.69) is 20.5 Å². The van der Waals surface area contributed by atoms with Crippen LogP contribution in [0, 0.1) is 0 Å². The standard InChI is InChI=1S/C14H16N4OS/c19-14(11-3-8-20-10-11)17-13-2-1-12(9-16-13)18-6-4-15-5-7-18/h1-3,8-10,15H,4-7H2,(H,16,17,19). The molecule has 0 spiro atoms. The van der Waals surface area contributed by atoms with E-state index in [0.717, 1.165) is 31.9 Å². The smallest absolute Gasteiger partial charge is 0.257 e. The second-order valence-corrected chi connectivity index (χ2v) is 5.38. The maximum absolute atomic E-state index is 11.9. The van der Waals surface area contributed by atoms with Gasteiger partial charge in [-0.3, -0.25) is 4.79 Å². The molecule has 0 radical (unpaired) electrons. The molecule has 1 fully saturated rings. The van der Waals surface area contributed by atoms with Gasteiger partial charge in [-0.2, -0.15) is 11.3 Å². The van der Waals surface area contributed by atoms with Crippen LogP contribution in [0.5, 0.6) is 0 Å². The lowest BCUT2D eigenvalue weighted by Gasteiger charge is -2.29. The normalized spacial score (nSPS) is 15.1. The van der Waals surface area contributed by atoms with Gasteiger partial charge in [-0.15, -0.1) is 0 Å². The molecule has 0 bridgehead atoms. The first kappa shape index (κ1) is 13.1. The minimum atomic E-state index is -0.117. The van der Waals surface area contributed by atoms with Gasteiger partial charge in [0.2, 0.25) is 0 Å². The van der Waals surface area contributed by atoms with E-state index in [1.165, 1.54) is 11.3 Å². The van der Waals surface area contributed by atoms with Crippen LogP contribution < -0.4 is 15.5 Å². The highest BCUT2D eigenvalue weighted by Gasteiger charge is 2.11. The van der Waals surface area contributed by atoms with Gasteiger partial charge in [0.25, 0.3) is 5.91 Å². The van der Waals surface area contributed by atoms with Gasteiger partial charge in [-0.05, 0) is 23.6 Å². The van der Waals surface area contributed by atoms with E-state index < -0.39 is 0 Å². The van der Waals surface area contributed by atoms with Crippen molar-refractivity contribution in [1.82, 2.24) is 10.3 Å². The van der Waals surface area contributed by atoms with Gasteiger partial charge in [0.15, 0.2) is 0 Å². The van der Waals surface area contributed by atoms with E-state index in [9.17, 15) is 4.79 Å². The molecule has 0 aromatic carbocycles. The van der Waals surface area contributed by atoms with Gasteiger partial charge in [0.1, 0.15) is 5.82 Å². The molecule has 3 heterocycles. The summed E-state index contributed by atoms with van der Waals surface area (Å²) in [7, 11) is 0. The van der Waals surface area contributed by atoms with E-state index in [-0.39, 0.29) is 5.91 Å². The fraction of sp³-hybridized carbons (Fsp3) is 0.286. The van der Waals surface area contributed by atoms with E-state index in [1.807, 2.05) is 29.1 Å². The number of piperazine rings is 1. The van der Waals surface area contributed by atoms with Crippen molar-refractivity contribution in [3.8, 4) is 0 Å². The number of amides is 1. The second-order valence-electron chi connectivity index (χ2n) is 4.60. The molecule has 1 aliphatic heterocycles. The lowest BCUT2D eigenvalue weighted by molar-refractivity contribution is 0.102. The maximum Gasteiger partial charge on any atom is 0.257 e. The quantitative estimate of drug-likeness (QED) is 0.904. The highest BCUT2D eigenvalue weighted by Crippen LogP contribution is 2.16. The van der Waals surface area contributed by atoms with Crippen molar-refractivity contribution >= 4 is 28.7 Å². The zero-order chi connectivity index (χ0) is 13.8. The number of aromatic nitrogens is 1. The van der Waals surface area contributed by atoms with Crippen LogP contribution >= 0.6 is 11.3 Å². The van der Waals surface area contributed by atoms with Crippen LogP contribution in [-0.4, -0.2) is 37.1 Å². The number of hydrogen-bond donors (Lipinski definition) is 2. The zero-order valence-electron chi connectivity index (χ0n) is 11.0. The van der Waals surface area contributed by atoms with Crippen LogP contribution in [0.1, 0.15) is 10.4 Å². The van der Waals surface area contributed by atoms with Crippen molar-refractivity contribution in [3.63, 3.8) is 0 Å². The lowest BCUT2D eigenvalue weighted by atomic mass is 10.3. The molecule has 2 N–H and O–H groups in total. The Kier molecular flexibility index (Phi) is 3.94. The molecule has 104 valence electrons. The maximum atomic E-state index is 11.9. The van der Waals surface area contributed by atoms with Gasteiger partial charge in [0, 0.05) is 31.6 Å². The average Bonchev–Trinajstić information content (AvgIpc) is 3.03. The fourth-order valence-corrected chi connectivity index (χ4v) is 2.79. The van der Waals surface area contributed by atoms with Crippen molar-refractivity contribution in [2.24, 2.45) is 0 Å². The highest BCUT2D eigenvalue weighted by molar-refractivity contribution is 7.08. The van der Waals surface area contributed by atoms with Crippen LogP contribution in [0.2, 0.25) is 0 Å². The summed E-state index contributed by atoms with van der Waals surface area (Å²) in [6, 6.07) is 5.65. The molecule has 6 heteroatoms. The largest absolute Gasteiger partial charge is 0.368 e. The Bertz CT molecular complexity index is 561. The van der Waals surface area contributed by atoms with E-state index in [1.54, 1.807) is 6.07 Å². The summed E-state index contributed by atoms with van der Waals surface area (Å²) in [5.41, 5.74) is 1.77. The van der Waals surface area contributed by atoms with Crippen LogP contribution in [0.3, 0.4) is 0 Å². The fourth-order valence-electron chi connectivity index (χ4n) is 2.15. The molecule has 0 atom stereocenters. The molecule has 20 heavy (non-hydrogen) atoms. The topological polar surface area (TPSA) is 57.3 Å². The number of carbonyl (C=O) groups is 1. The Labute approximate surface area is 121 Å². The number of rotatable bonds is 3. The predicted molar refractivity (Wildman–Crippen MR) is 81.6 cm³/mol. The number of nitrogens with one attached hydrogen (secondary N) is 2. The van der Waals surface area contributed by atoms with Gasteiger partial charge in [0.05, 0.1) is 17.4 Å². The summed E-state index contributed by atoms with van der Waals surface area (Å²) in [5, 5.41) is 9.83. The summed E-state index contributed by atoms with van der Waals surface area (Å²) in [6.45, 7) is 3.97. The Morgan fingerprint density at radius 3 is 2.80 bits per heavy atom. The molecule has 0 unspecified atom stereocenters. The van der Waals surface area contributed by atoms with Crippen molar-refractivity contribution in [2.45, 2.75) is 0 Å². The first-order chi connectivity index (χ1) is 9.83. The first-order valence-corrected chi connectivity index (χ1v) is 7.52. The molecular weight excluding hydrogens is 272 g/mol. The van der Waals surface area contributed by atoms with Crippen LogP contribution in [0.15, 0.2) is 35.2 Å². The van der Waals surface area contributed by atoms with Crippen molar-refractivity contribution in [2.75, 3.05) is 36.4 Å². The molecule has 0 aliphatic carbocycles. The first-order valence-electron chi connectivity index (χ1n) is 6.58. The van der Waals surface area contributed by atoms with E-state index >= 15 is 0 Å². The Morgan fingerprint density at radius 1 is 1.30 bits per heavy atom. The SMILES string of the molecule is O=C(Nc1ccc(N2CCNCC2)cn1)c1ccsc1. The van der Waals surface area contributed by atoms with Gasteiger partial charge in [-0.1, -0.05) is 0 Å². The third-order valence-corrected chi connectivity index (χ3v) is 3.94. The number of anilines is 2. The Balaban J connectivity index is 1.65. The third-order valence-electron chi connectivity index (χ3n) is 3.25. The Morgan fingerprint density at radius 2 is 2.15 bits per heavy atom. The number of pyridine rings is 1. The van der Waals surface area contributed by atoms with Gasteiger partial charge < -0.3 is 15.5 Å². The highest BCUT2D eigenvalue weighted by atomic mass is 32.1. The second kappa shape index (κ2) is 6.02. The summed E-state index contributed by atoms with van der Waals surface area (Å²) in [5.74, 6) is 0.466. The zero-order valence-corrected chi connectivity index (χ0v) is 11.8. The number of thiophene rings is 1. The minimum Gasteiger partial charge on any atom is -0.368 e. The lowest BCUT2D eigenvalue weighted by Crippen LogP contribution is -2.43. The molecule has 1 aliphatic rings. The molecule has 0 saturated carbocycles. The summed E-state index contributed by atoms with van der Waals surface area (Å²) < 4.78 is 0. The van der Waals surface area contributed by atoms with E-state index in [4.69, 9.17) is 0 Å². The summed E-state index contributed by atoms with van der Waals surface area (Å²) in [6.07, 6.45) is 1.81. The predicted octanol–water partition coefficient (Wildman–Crippen LogP) is 1.80. The van der Waals surface area contributed by atoms with Crippen LogP contribution in [0.4, 0.5) is 11.5 Å². The molecule has 2 aromatic heterocycles. The van der Waals surface area contributed by atoms with Gasteiger partial charge in [-0.25, -0.2) is 4.98 Å². The molecule has 5 nitrogen and oxygen atoms in total. The van der Waals surface area contributed by atoms with Crippen molar-refractivity contribution in [1.29, 1.82) is 0 Å². The Hall–Kier alpha value is -1.92. The number of carbonyl (C=O) groups excluding carboxylic acids is 1. The van der Waals surface area contributed by atoms with Crippen LogP contribution in [-0.2, 0) is 0 Å². The monoisotopic (exact) mass is 288 g/mol. The average molecular weight is 288 g/mol. The molecule has 1 amide bonds. The van der Waals surface area contributed by atoms with E-state index in [0.29, 0.717) is 11.4 Å². The summed E-state index contributed by atoms with van der Waals surface area (Å²) in [4.78, 5) is 18.5. The molecule has 3 rings (SSSR count). The molecule has 2 aromatic rings. The minimum absolute atomic E-state index is 0.117. The number of hydrogen-bond acceptors (Lipinski definition) is 5. The van der Waals surface area contributed by atoms with Crippen molar-refractivity contribution in [3.05, 3.63) is 40.7 Å². The van der Waals surface area contributed by atoms with Crippen molar-refractivity contribution < 1.29 is 4.79 Å². The summed E-state index contributed by atoms with van der Waals surface area (Å²) >= 11 is 1.51. The molecule has 1 saturated heterocycles.